The topological polar surface area (TPSA) is 77.8 Å². The van der Waals surface area contributed by atoms with Gasteiger partial charge >= 0.3 is 5.97 Å². The smallest absolute Gasteiger partial charge is 0.303 e. The van der Waals surface area contributed by atoms with Crippen molar-refractivity contribution in [2.45, 2.75) is 77.2 Å². The van der Waals surface area contributed by atoms with E-state index in [0.29, 0.717) is 12.8 Å². The first kappa shape index (κ1) is 23.5. The molecule has 5 heteroatoms. The van der Waals surface area contributed by atoms with Gasteiger partial charge in [-0.15, -0.1) is 0 Å². The third-order valence-corrected chi connectivity index (χ3v) is 5.39. The van der Waals surface area contributed by atoms with Crippen LogP contribution >= 0.6 is 0 Å². The number of nitrogens with zero attached hydrogens (tertiary/aromatic N) is 1. The van der Waals surface area contributed by atoms with Gasteiger partial charge in [-0.05, 0) is 56.7 Å². The summed E-state index contributed by atoms with van der Waals surface area (Å²) < 4.78 is 0. The molecule has 1 heterocycles. The Morgan fingerprint density at radius 2 is 2.03 bits per heavy atom. The van der Waals surface area contributed by atoms with Crippen LogP contribution < -0.4 is 0 Å². The number of rotatable bonds is 11. The third-order valence-electron chi connectivity index (χ3n) is 5.39. The highest BCUT2D eigenvalue weighted by molar-refractivity contribution is 5.79. The number of aryl methyl sites for hydroxylation is 1. The van der Waals surface area contributed by atoms with E-state index in [2.05, 4.69) is 24.0 Å². The van der Waals surface area contributed by atoms with E-state index in [9.17, 15) is 14.7 Å². The molecule has 1 amide bonds. The molecule has 162 valence electrons. The van der Waals surface area contributed by atoms with Crippen LogP contribution in [0.4, 0.5) is 0 Å². The Hall–Kier alpha value is -2.74. The normalized spacial score (nSPS) is 16.1. The summed E-state index contributed by atoms with van der Waals surface area (Å²) in [6.45, 7) is 2.62. The van der Waals surface area contributed by atoms with Crippen LogP contribution in [0, 0.1) is 18.8 Å². The Morgan fingerprint density at radius 1 is 1.23 bits per heavy atom. The van der Waals surface area contributed by atoms with E-state index < -0.39 is 5.97 Å². The van der Waals surface area contributed by atoms with Gasteiger partial charge in [0.1, 0.15) is 5.75 Å². The molecule has 2 rings (SSSR count). The van der Waals surface area contributed by atoms with Crippen molar-refractivity contribution >= 4 is 11.9 Å². The standard InChI is InChI=1S/C25H33NO4/c1-20-14-15-21(19-23(20)27)11-7-3-2-4-8-12-22-16-17-24(28)26(22)18-10-6-5-9-13-25(29)30/h8,12,14-15,19,22,27H,2-6,9-10,13,16-18H2,1H3,(H,29,30)/b12-8+. The van der Waals surface area contributed by atoms with Crippen molar-refractivity contribution in [3.8, 4) is 17.6 Å². The molecular formula is C25H33NO4. The Kier molecular flexibility index (Phi) is 10.00. The van der Waals surface area contributed by atoms with Crippen LogP contribution in [-0.2, 0) is 9.59 Å². The number of hydrogen-bond acceptors (Lipinski definition) is 3. The molecule has 0 aromatic heterocycles. The number of benzene rings is 1. The van der Waals surface area contributed by atoms with E-state index in [1.807, 2.05) is 24.0 Å². The van der Waals surface area contributed by atoms with Crippen LogP contribution in [0.3, 0.4) is 0 Å². The van der Waals surface area contributed by atoms with Crippen molar-refractivity contribution in [3.05, 3.63) is 41.5 Å². The Bertz CT molecular complexity index is 803. The molecule has 30 heavy (non-hydrogen) atoms. The van der Waals surface area contributed by atoms with Crippen molar-refractivity contribution in [1.82, 2.24) is 4.90 Å². The lowest BCUT2D eigenvalue weighted by Gasteiger charge is -2.22. The monoisotopic (exact) mass is 411 g/mol. The minimum atomic E-state index is -0.740. The first-order chi connectivity index (χ1) is 14.5. The van der Waals surface area contributed by atoms with E-state index in [4.69, 9.17) is 5.11 Å². The zero-order valence-corrected chi connectivity index (χ0v) is 17.9. The second-order valence-corrected chi connectivity index (χ2v) is 7.87. The van der Waals surface area contributed by atoms with Gasteiger partial charge in [0.25, 0.3) is 0 Å². The molecule has 1 saturated heterocycles. The number of hydrogen-bond donors (Lipinski definition) is 2. The van der Waals surface area contributed by atoms with Gasteiger partial charge in [0.2, 0.25) is 5.91 Å². The maximum Gasteiger partial charge on any atom is 0.303 e. The molecule has 0 spiro atoms. The average molecular weight is 412 g/mol. The molecule has 0 bridgehead atoms. The van der Waals surface area contributed by atoms with Gasteiger partial charge in [-0.25, -0.2) is 0 Å². The van der Waals surface area contributed by atoms with Crippen LogP contribution in [0.2, 0.25) is 0 Å². The number of carbonyl (C=O) groups is 2. The highest BCUT2D eigenvalue weighted by atomic mass is 16.4. The van der Waals surface area contributed by atoms with Crippen molar-refractivity contribution in [2.24, 2.45) is 0 Å². The molecule has 1 atom stereocenters. The number of carboxylic acids is 1. The zero-order valence-electron chi connectivity index (χ0n) is 17.9. The fraction of sp³-hybridized carbons (Fsp3) is 0.520. The van der Waals surface area contributed by atoms with Gasteiger partial charge in [0.15, 0.2) is 0 Å². The van der Waals surface area contributed by atoms with E-state index in [1.54, 1.807) is 6.07 Å². The Labute approximate surface area is 179 Å². The minimum Gasteiger partial charge on any atom is -0.508 e. The number of carbonyl (C=O) groups excluding carboxylic acids is 1. The first-order valence-corrected chi connectivity index (χ1v) is 10.9. The van der Waals surface area contributed by atoms with E-state index in [0.717, 1.165) is 62.6 Å². The van der Waals surface area contributed by atoms with Crippen LogP contribution in [-0.4, -0.2) is 39.6 Å². The van der Waals surface area contributed by atoms with Gasteiger partial charge in [0.05, 0.1) is 6.04 Å². The van der Waals surface area contributed by atoms with Gasteiger partial charge < -0.3 is 15.1 Å². The summed E-state index contributed by atoms with van der Waals surface area (Å²) in [6.07, 6.45) is 12.2. The second kappa shape index (κ2) is 12.7. The molecule has 1 aliphatic rings. The van der Waals surface area contributed by atoms with Gasteiger partial charge in [0, 0.05) is 31.4 Å². The number of phenols is 1. The van der Waals surface area contributed by atoms with Gasteiger partial charge in [-0.3, -0.25) is 9.59 Å². The molecule has 5 nitrogen and oxygen atoms in total. The number of phenolic OH excluding ortho intramolecular Hbond substituents is 1. The highest BCUT2D eigenvalue weighted by Crippen LogP contribution is 2.21. The van der Waals surface area contributed by atoms with Crippen LogP contribution in [0.1, 0.15) is 75.3 Å². The maximum absolute atomic E-state index is 12.1. The summed E-state index contributed by atoms with van der Waals surface area (Å²) in [5.74, 6) is 5.99. The average Bonchev–Trinajstić information content (AvgIpc) is 3.06. The molecule has 1 fully saturated rings. The largest absolute Gasteiger partial charge is 0.508 e. The third kappa shape index (κ3) is 8.32. The van der Waals surface area contributed by atoms with Crippen LogP contribution in [0.15, 0.2) is 30.4 Å². The Balaban J connectivity index is 1.65. The maximum atomic E-state index is 12.1. The van der Waals surface area contributed by atoms with Crippen molar-refractivity contribution in [3.63, 3.8) is 0 Å². The summed E-state index contributed by atoms with van der Waals surface area (Å²) in [7, 11) is 0. The summed E-state index contributed by atoms with van der Waals surface area (Å²) in [5, 5.41) is 18.4. The lowest BCUT2D eigenvalue weighted by atomic mass is 10.1. The molecule has 0 radical (unpaired) electrons. The first-order valence-electron chi connectivity index (χ1n) is 10.9. The molecular weight excluding hydrogens is 378 g/mol. The number of aromatic hydroxyl groups is 1. The van der Waals surface area contributed by atoms with Gasteiger partial charge in [-0.1, -0.05) is 42.9 Å². The number of likely N-dealkylation sites (tertiary alicyclic amines) is 1. The fourth-order valence-corrected chi connectivity index (χ4v) is 3.57. The molecule has 2 N–H and O–H groups in total. The molecule has 0 saturated carbocycles. The second-order valence-electron chi connectivity index (χ2n) is 7.87. The Morgan fingerprint density at radius 3 is 2.80 bits per heavy atom. The molecule has 1 aromatic rings. The van der Waals surface area contributed by atoms with E-state index in [-0.39, 0.29) is 24.1 Å². The summed E-state index contributed by atoms with van der Waals surface area (Å²) in [5.41, 5.74) is 1.68. The van der Waals surface area contributed by atoms with Gasteiger partial charge in [-0.2, -0.15) is 0 Å². The predicted octanol–water partition coefficient (Wildman–Crippen LogP) is 4.80. The quantitative estimate of drug-likeness (QED) is 0.311. The summed E-state index contributed by atoms with van der Waals surface area (Å²) in [4.78, 5) is 24.6. The minimum absolute atomic E-state index is 0.193. The number of unbranched alkanes of at least 4 members (excludes halogenated alkanes) is 5. The highest BCUT2D eigenvalue weighted by Gasteiger charge is 2.28. The summed E-state index contributed by atoms with van der Waals surface area (Å²) >= 11 is 0. The number of carboxylic acid groups (broad SMARTS) is 1. The SMILES string of the molecule is Cc1ccc(C#CCCC/C=C/C2CCC(=O)N2CCCCCCC(=O)O)cc1O. The molecule has 1 unspecified atom stereocenters. The van der Waals surface area contributed by atoms with E-state index >= 15 is 0 Å². The number of aliphatic carboxylic acids is 1. The number of allylic oxidation sites excluding steroid dienone is 1. The van der Waals surface area contributed by atoms with Crippen molar-refractivity contribution in [2.75, 3.05) is 6.54 Å². The van der Waals surface area contributed by atoms with E-state index in [1.165, 1.54) is 0 Å². The summed E-state index contributed by atoms with van der Waals surface area (Å²) in [6, 6.07) is 5.67. The molecule has 1 aliphatic heterocycles. The predicted molar refractivity (Wildman–Crippen MR) is 118 cm³/mol. The zero-order chi connectivity index (χ0) is 21.8. The fourth-order valence-electron chi connectivity index (χ4n) is 3.57. The molecule has 0 aliphatic carbocycles. The van der Waals surface area contributed by atoms with Crippen LogP contribution in [0.25, 0.3) is 0 Å². The lowest BCUT2D eigenvalue weighted by Crippen LogP contribution is -2.32. The molecule has 1 aromatic carbocycles. The lowest BCUT2D eigenvalue weighted by molar-refractivity contribution is -0.137. The van der Waals surface area contributed by atoms with Crippen molar-refractivity contribution in [1.29, 1.82) is 0 Å². The van der Waals surface area contributed by atoms with Crippen molar-refractivity contribution < 1.29 is 19.8 Å². The number of amides is 1. The van der Waals surface area contributed by atoms with Crippen LogP contribution in [0.5, 0.6) is 5.75 Å².